The van der Waals surface area contributed by atoms with Gasteiger partial charge in [-0.05, 0) is 46.4 Å². The Bertz CT molecular complexity index is 1180. The van der Waals surface area contributed by atoms with E-state index in [0.717, 1.165) is 22.3 Å². The number of halogens is 1. The van der Waals surface area contributed by atoms with Crippen molar-refractivity contribution in [3.8, 4) is 11.1 Å². The summed E-state index contributed by atoms with van der Waals surface area (Å²) in [6.07, 6.45) is -2.82. The molecule has 4 rings (SSSR count). The average molecular weight is 540 g/mol. The number of hydrogen-bond donors (Lipinski definition) is 3. The van der Waals surface area contributed by atoms with E-state index < -0.39 is 24.3 Å². The van der Waals surface area contributed by atoms with Crippen LogP contribution in [0.4, 0.5) is 4.79 Å². The highest BCUT2D eigenvalue weighted by molar-refractivity contribution is 9.10. The molecule has 0 heterocycles. The van der Waals surface area contributed by atoms with E-state index in [2.05, 4.69) is 50.2 Å². The van der Waals surface area contributed by atoms with E-state index in [9.17, 15) is 19.8 Å². The highest BCUT2D eigenvalue weighted by Gasteiger charge is 2.29. The number of amides is 1. The molecule has 7 nitrogen and oxygen atoms in total. The van der Waals surface area contributed by atoms with Crippen molar-refractivity contribution in [3.63, 3.8) is 0 Å². The van der Waals surface area contributed by atoms with Crippen molar-refractivity contribution in [2.45, 2.75) is 24.5 Å². The lowest BCUT2D eigenvalue weighted by Crippen LogP contribution is -2.30. The highest BCUT2D eigenvalue weighted by atomic mass is 79.9. The molecule has 3 aromatic carbocycles. The minimum absolute atomic E-state index is 0.0362. The summed E-state index contributed by atoms with van der Waals surface area (Å²) in [6.45, 7) is 0.317. The summed E-state index contributed by atoms with van der Waals surface area (Å²) in [4.78, 5) is 23.9. The molecule has 3 aromatic rings. The van der Waals surface area contributed by atoms with Crippen molar-refractivity contribution in [1.29, 1.82) is 0 Å². The minimum atomic E-state index is -1.21. The number of carbonyl (C=O) groups is 2. The number of rotatable bonds is 8. The predicted octanol–water partition coefficient (Wildman–Crippen LogP) is 4.56. The molecule has 2 unspecified atom stereocenters. The molecule has 1 amide bonds. The molecule has 8 heteroatoms. The lowest BCUT2D eigenvalue weighted by Gasteiger charge is -2.20. The predicted molar refractivity (Wildman–Crippen MR) is 134 cm³/mol. The van der Waals surface area contributed by atoms with Gasteiger partial charge in [-0.1, -0.05) is 70.5 Å². The van der Waals surface area contributed by atoms with Crippen LogP contribution in [0.25, 0.3) is 11.1 Å². The number of fused-ring (bicyclic) bond motifs is 3. The van der Waals surface area contributed by atoms with Gasteiger partial charge in [-0.2, -0.15) is 0 Å². The Hall–Kier alpha value is -3.20. The van der Waals surface area contributed by atoms with Gasteiger partial charge >= 0.3 is 12.1 Å². The molecular formula is C27H26BrNO6. The van der Waals surface area contributed by atoms with Crippen LogP contribution in [0.2, 0.25) is 0 Å². The molecule has 0 aromatic heterocycles. The first-order chi connectivity index (χ1) is 16.9. The fraction of sp³-hybridized carbons (Fsp3) is 0.259. The van der Waals surface area contributed by atoms with Crippen LogP contribution >= 0.6 is 15.9 Å². The third-order valence-corrected chi connectivity index (χ3v) is 6.84. The number of aliphatic hydroxyl groups is 2. The fourth-order valence-corrected chi connectivity index (χ4v) is 4.96. The molecule has 2 atom stereocenters. The Labute approximate surface area is 211 Å². The molecule has 0 spiro atoms. The molecule has 1 aliphatic rings. The number of benzene rings is 3. The summed E-state index contributed by atoms with van der Waals surface area (Å²) in [5.74, 6) is -0.537. The van der Waals surface area contributed by atoms with Crippen LogP contribution in [-0.2, 0) is 9.47 Å². The number of hydrogen-bond acceptors (Lipinski definition) is 6. The summed E-state index contributed by atoms with van der Waals surface area (Å²) in [6, 6.07) is 20.8. The molecule has 0 bridgehead atoms. The van der Waals surface area contributed by atoms with Crippen molar-refractivity contribution < 1.29 is 29.3 Å². The van der Waals surface area contributed by atoms with E-state index in [0.29, 0.717) is 15.6 Å². The maximum Gasteiger partial charge on any atom is 0.407 e. The van der Waals surface area contributed by atoms with Crippen LogP contribution in [0.1, 0.15) is 45.5 Å². The molecule has 0 aliphatic heterocycles. The quantitative estimate of drug-likeness (QED) is 0.362. The SMILES string of the molecule is COC(=O)c1ccc(C(O)C(O)CCNC(=O)OCC2c3ccccc3-c3ccccc32)c(Br)c1. The van der Waals surface area contributed by atoms with Crippen LogP contribution < -0.4 is 5.32 Å². The van der Waals surface area contributed by atoms with E-state index >= 15 is 0 Å². The van der Waals surface area contributed by atoms with Crippen molar-refractivity contribution in [2.75, 3.05) is 20.3 Å². The zero-order valence-electron chi connectivity index (χ0n) is 19.1. The number of alkyl carbamates (subject to hydrolysis) is 1. The van der Waals surface area contributed by atoms with E-state index in [1.165, 1.54) is 19.2 Å². The second-order valence-corrected chi connectivity index (χ2v) is 9.14. The normalized spacial score (nSPS) is 13.9. The molecule has 0 saturated heterocycles. The van der Waals surface area contributed by atoms with Crippen LogP contribution in [0.15, 0.2) is 71.2 Å². The Morgan fingerprint density at radius 3 is 2.23 bits per heavy atom. The van der Waals surface area contributed by atoms with Gasteiger partial charge in [-0.15, -0.1) is 0 Å². The molecule has 35 heavy (non-hydrogen) atoms. The lowest BCUT2D eigenvalue weighted by atomic mass is 9.98. The van der Waals surface area contributed by atoms with Crippen LogP contribution in [0.5, 0.6) is 0 Å². The second kappa shape index (κ2) is 11.0. The third kappa shape index (κ3) is 5.40. The second-order valence-electron chi connectivity index (χ2n) is 8.28. The number of ether oxygens (including phenoxy) is 2. The Balaban J connectivity index is 1.28. The van der Waals surface area contributed by atoms with Gasteiger partial charge < -0.3 is 25.0 Å². The number of carbonyl (C=O) groups excluding carboxylic acids is 2. The number of nitrogens with one attached hydrogen (secondary N) is 1. The van der Waals surface area contributed by atoms with Gasteiger partial charge in [0.25, 0.3) is 0 Å². The first kappa shape index (κ1) is 24.9. The first-order valence-electron chi connectivity index (χ1n) is 11.2. The Kier molecular flexibility index (Phi) is 7.85. The standard InChI is InChI=1S/C27H26BrNO6/c1-34-26(32)16-10-11-21(23(28)14-16)25(31)24(30)12-13-29-27(33)35-15-22-19-8-4-2-6-17(19)18-7-3-5-9-20(18)22/h2-11,14,22,24-25,30-31H,12-13,15H2,1H3,(H,29,33). The smallest absolute Gasteiger partial charge is 0.407 e. The first-order valence-corrected chi connectivity index (χ1v) is 12.0. The number of esters is 1. The van der Waals surface area contributed by atoms with Gasteiger partial charge in [-0.3, -0.25) is 0 Å². The molecule has 0 saturated carbocycles. The maximum atomic E-state index is 12.3. The summed E-state index contributed by atoms with van der Waals surface area (Å²) in [5, 5.41) is 23.5. The molecular weight excluding hydrogens is 514 g/mol. The van der Waals surface area contributed by atoms with Crippen molar-refractivity contribution >= 4 is 28.0 Å². The van der Waals surface area contributed by atoms with E-state index in [-0.39, 0.29) is 25.5 Å². The molecule has 3 N–H and O–H groups in total. The number of aliphatic hydroxyl groups excluding tert-OH is 2. The van der Waals surface area contributed by atoms with E-state index in [1.54, 1.807) is 6.07 Å². The number of methoxy groups -OCH3 is 1. The minimum Gasteiger partial charge on any atom is -0.465 e. The highest BCUT2D eigenvalue weighted by Crippen LogP contribution is 2.44. The van der Waals surface area contributed by atoms with Crippen LogP contribution in [-0.4, -0.2) is 48.6 Å². The largest absolute Gasteiger partial charge is 0.465 e. The summed E-state index contributed by atoms with van der Waals surface area (Å²) >= 11 is 3.31. The topological polar surface area (TPSA) is 105 Å². The molecule has 1 aliphatic carbocycles. The third-order valence-electron chi connectivity index (χ3n) is 6.16. The fourth-order valence-electron chi connectivity index (χ4n) is 4.35. The Morgan fingerprint density at radius 1 is 1.00 bits per heavy atom. The zero-order chi connectivity index (χ0) is 24.9. The Morgan fingerprint density at radius 2 is 1.63 bits per heavy atom. The monoisotopic (exact) mass is 539 g/mol. The van der Waals surface area contributed by atoms with Crippen molar-refractivity contribution in [3.05, 3.63) is 93.5 Å². The van der Waals surface area contributed by atoms with Gasteiger partial charge in [0.2, 0.25) is 0 Å². The van der Waals surface area contributed by atoms with Gasteiger partial charge in [-0.25, -0.2) is 9.59 Å². The van der Waals surface area contributed by atoms with Crippen molar-refractivity contribution in [1.82, 2.24) is 5.32 Å². The lowest BCUT2D eigenvalue weighted by molar-refractivity contribution is 0.0132. The van der Waals surface area contributed by atoms with Gasteiger partial charge in [0.1, 0.15) is 12.7 Å². The van der Waals surface area contributed by atoms with Crippen LogP contribution in [0.3, 0.4) is 0 Å². The van der Waals surface area contributed by atoms with Gasteiger partial charge in [0, 0.05) is 16.9 Å². The molecule has 0 fully saturated rings. The zero-order valence-corrected chi connectivity index (χ0v) is 20.7. The average Bonchev–Trinajstić information content (AvgIpc) is 3.20. The summed E-state index contributed by atoms with van der Waals surface area (Å²) < 4.78 is 10.6. The van der Waals surface area contributed by atoms with Crippen molar-refractivity contribution in [2.24, 2.45) is 0 Å². The van der Waals surface area contributed by atoms with Crippen LogP contribution in [0, 0.1) is 0 Å². The molecule has 0 radical (unpaired) electrons. The molecule has 182 valence electrons. The summed E-state index contributed by atoms with van der Waals surface area (Å²) in [5.41, 5.74) is 5.31. The van der Waals surface area contributed by atoms with E-state index in [1.807, 2.05) is 24.3 Å². The van der Waals surface area contributed by atoms with Gasteiger partial charge in [0.05, 0.1) is 18.8 Å². The van der Waals surface area contributed by atoms with Gasteiger partial charge in [0.15, 0.2) is 0 Å². The maximum absolute atomic E-state index is 12.3. The van der Waals surface area contributed by atoms with E-state index in [4.69, 9.17) is 4.74 Å². The summed E-state index contributed by atoms with van der Waals surface area (Å²) in [7, 11) is 1.28.